The third-order valence-electron chi connectivity index (χ3n) is 3.53. The van der Waals surface area contributed by atoms with E-state index in [-0.39, 0.29) is 5.72 Å². The van der Waals surface area contributed by atoms with Gasteiger partial charge in [0.25, 0.3) is 0 Å². The van der Waals surface area contributed by atoms with Gasteiger partial charge in [-0.15, -0.1) is 0 Å². The van der Waals surface area contributed by atoms with Gasteiger partial charge in [0, 0.05) is 6.54 Å². The van der Waals surface area contributed by atoms with Gasteiger partial charge in [0.2, 0.25) is 0 Å². The summed E-state index contributed by atoms with van der Waals surface area (Å²) in [6, 6.07) is 10.6. The van der Waals surface area contributed by atoms with Crippen LogP contribution in [0.25, 0.3) is 0 Å². The van der Waals surface area contributed by atoms with Crippen molar-refractivity contribution in [2.45, 2.75) is 37.8 Å². The first kappa shape index (κ1) is 9.37. The Hall–Kier alpha value is -0.860. The SMILES string of the molecule is c1ccc(CCN2OC23CCCC3)cc1. The third kappa shape index (κ3) is 1.80. The summed E-state index contributed by atoms with van der Waals surface area (Å²) in [7, 11) is 0. The van der Waals surface area contributed by atoms with E-state index in [2.05, 4.69) is 35.4 Å². The molecule has 2 fully saturated rings. The molecule has 15 heavy (non-hydrogen) atoms. The first-order chi connectivity index (χ1) is 7.39. The minimum absolute atomic E-state index is 0.175. The second-order valence-corrected chi connectivity index (χ2v) is 4.58. The largest absolute Gasteiger partial charge is 0.272 e. The fraction of sp³-hybridized carbons (Fsp3) is 0.538. The predicted molar refractivity (Wildman–Crippen MR) is 59.1 cm³/mol. The van der Waals surface area contributed by atoms with Crippen LogP contribution in [-0.2, 0) is 11.3 Å². The summed E-state index contributed by atoms with van der Waals surface area (Å²) in [4.78, 5) is 5.72. The Labute approximate surface area is 90.8 Å². The maximum atomic E-state index is 5.72. The zero-order chi connectivity index (χ0) is 10.1. The summed E-state index contributed by atoms with van der Waals surface area (Å²) in [6.45, 7) is 1.05. The molecular weight excluding hydrogens is 186 g/mol. The van der Waals surface area contributed by atoms with Crippen LogP contribution < -0.4 is 0 Å². The van der Waals surface area contributed by atoms with E-state index in [0.29, 0.717) is 0 Å². The van der Waals surface area contributed by atoms with Gasteiger partial charge < -0.3 is 0 Å². The molecule has 0 N–H and O–H groups in total. The van der Waals surface area contributed by atoms with Gasteiger partial charge in [-0.05, 0) is 37.7 Å². The van der Waals surface area contributed by atoms with Crippen LogP contribution in [0, 0.1) is 0 Å². The molecule has 0 bridgehead atoms. The van der Waals surface area contributed by atoms with Crippen molar-refractivity contribution in [1.29, 1.82) is 0 Å². The Balaban J connectivity index is 1.52. The van der Waals surface area contributed by atoms with Gasteiger partial charge in [-0.1, -0.05) is 30.3 Å². The summed E-state index contributed by atoms with van der Waals surface area (Å²) < 4.78 is 0. The number of benzene rings is 1. The zero-order valence-electron chi connectivity index (χ0n) is 8.98. The average Bonchev–Trinajstić information content (AvgIpc) is 2.72. The molecule has 1 unspecified atom stereocenters. The molecule has 1 aromatic rings. The highest BCUT2D eigenvalue weighted by atomic mass is 16.9. The molecule has 0 amide bonds. The molecule has 0 aromatic heterocycles. The molecule has 3 rings (SSSR count). The molecule has 1 spiro atoms. The van der Waals surface area contributed by atoms with E-state index in [1.165, 1.54) is 31.2 Å². The smallest absolute Gasteiger partial charge is 0.165 e. The number of hydrogen-bond acceptors (Lipinski definition) is 2. The third-order valence-corrected chi connectivity index (χ3v) is 3.53. The molecule has 1 heterocycles. The minimum Gasteiger partial charge on any atom is -0.272 e. The van der Waals surface area contributed by atoms with Gasteiger partial charge in [-0.2, -0.15) is 5.06 Å². The van der Waals surface area contributed by atoms with E-state index in [4.69, 9.17) is 4.84 Å². The molecule has 1 saturated heterocycles. The lowest BCUT2D eigenvalue weighted by molar-refractivity contribution is 0.194. The Morgan fingerprint density at radius 2 is 1.87 bits per heavy atom. The topological polar surface area (TPSA) is 15.5 Å². The minimum atomic E-state index is 0.175. The van der Waals surface area contributed by atoms with Crippen molar-refractivity contribution >= 4 is 0 Å². The van der Waals surface area contributed by atoms with Crippen molar-refractivity contribution in [2.24, 2.45) is 0 Å². The molecule has 1 aromatic carbocycles. The Bertz CT molecular complexity index is 330. The summed E-state index contributed by atoms with van der Waals surface area (Å²) in [5.41, 5.74) is 1.58. The molecule has 2 heteroatoms. The molecule has 1 aliphatic heterocycles. The summed E-state index contributed by atoms with van der Waals surface area (Å²) in [5, 5.41) is 2.19. The van der Waals surface area contributed by atoms with E-state index >= 15 is 0 Å². The molecule has 2 nitrogen and oxygen atoms in total. The predicted octanol–water partition coefficient (Wildman–Crippen LogP) is 2.75. The van der Waals surface area contributed by atoms with E-state index in [1.807, 2.05) is 0 Å². The van der Waals surface area contributed by atoms with Crippen LogP contribution in [0.1, 0.15) is 31.2 Å². The van der Waals surface area contributed by atoms with Crippen molar-refractivity contribution in [3.05, 3.63) is 35.9 Å². The standard InChI is InChI=1S/C13H17NO/c1-2-6-12(7-3-1)8-11-14-13(15-14)9-4-5-10-13/h1-3,6-7H,4-5,8-11H2. The van der Waals surface area contributed by atoms with E-state index in [9.17, 15) is 0 Å². The normalized spacial score (nSPS) is 27.1. The van der Waals surface area contributed by atoms with Crippen LogP contribution in [0.4, 0.5) is 0 Å². The van der Waals surface area contributed by atoms with Crippen LogP contribution >= 0.6 is 0 Å². The highest BCUT2D eigenvalue weighted by Crippen LogP contribution is 2.47. The van der Waals surface area contributed by atoms with E-state index in [0.717, 1.165) is 13.0 Å². The Kier molecular flexibility index (Phi) is 2.26. The lowest BCUT2D eigenvalue weighted by atomic mass is 10.1. The van der Waals surface area contributed by atoms with Crippen molar-refractivity contribution < 1.29 is 4.84 Å². The summed E-state index contributed by atoms with van der Waals surface area (Å²) >= 11 is 0. The average molecular weight is 203 g/mol. The fourth-order valence-corrected chi connectivity index (χ4v) is 2.58. The number of rotatable bonds is 3. The van der Waals surface area contributed by atoms with Gasteiger partial charge in [0.15, 0.2) is 5.72 Å². The molecule has 1 aliphatic carbocycles. The molecule has 2 aliphatic rings. The van der Waals surface area contributed by atoms with Crippen LogP contribution in [0.2, 0.25) is 0 Å². The molecular formula is C13H17NO. The van der Waals surface area contributed by atoms with Crippen LogP contribution in [-0.4, -0.2) is 17.3 Å². The van der Waals surface area contributed by atoms with E-state index < -0.39 is 0 Å². The number of hydroxylamine groups is 2. The van der Waals surface area contributed by atoms with Gasteiger partial charge >= 0.3 is 0 Å². The van der Waals surface area contributed by atoms with Crippen molar-refractivity contribution in [3.63, 3.8) is 0 Å². The quantitative estimate of drug-likeness (QED) is 0.702. The Morgan fingerprint density at radius 1 is 1.13 bits per heavy atom. The van der Waals surface area contributed by atoms with Gasteiger partial charge in [0.1, 0.15) is 0 Å². The first-order valence-corrected chi connectivity index (χ1v) is 5.90. The Morgan fingerprint density at radius 3 is 2.60 bits per heavy atom. The maximum Gasteiger partial charge on any atom is 0.165 e. The van der Waals surface area contributed by atoms with Gasteiger partial charge in [-0.3, -0.25) is 4.84 Å². The van der Waals surface area contributed by atoms with Crippen LogP contribution in [0.5, 0.6) is 0 Å². The second kappa shape index (κ2) is 3.62. The highest BCUT2D eigenvalue weighted by molar-refractivity contribution is 5.15. The zero-order valence-corrected chi connectivity index (χ0v) is 8.98. The van der Waals surface area contributed by atoms with E-state index in [1.54, 1.807) is 0 Å². The molecule has 80 valence electrons. The van der Waals surface area contributed by atoms with Crippen LogP contribution in [0.3, 0.4) is 0 Å². The van der Waals surface area contributed by atoms with Gasteiger partial charge in [0.05, 0.1) is 0 Å². The monoisotopic (exact) mass is 203 g/mol. The number of nitrogens with zero attached hydrogens (tertiary/aromatic N) is 1. The summed E-state index contributed by atoms with van der Waals surface area (Å²) in [6.07, 6.45) is 6.25. The maximum absolute atomic E-state index is 5.72. The van der Waals surface area contributed by atoms with Crippen molar-refractivity contribution in [3.8, 4) is 0 Å². The second-order valence-electron chi connectivity index (χ2n) is 4.58. The molecule has 0 radical (unpaired) electrons. The first-order valence-electron chi connectivity index (χ1n) is 5.90. The number of hydrogen-bond donors (Lipinski definition) is 0. The van der Waals surface area contributed by atoms with Crippen molar-refractivity contribution in [2.75, 3.05) is 6.54 Å². The lowest BCUT2D eigenvalue weighted by Crippen LogP contribution is -2.16. The van der Waals surface area contributed by atoms with Gasteiger partial charge in [-0.25, -0.2) is 0 Å². The molecule has 1 atom stereocenters. The van der Waals surface area contributed by atoms with Crippen molar-refractivity contribution in [1.82, 2.24) is 5.06 Å². The van der Waals surface area contributed by atoms with Crippen LogP contribution in [0.15, 0.2) is 30.3 Å². The summed E-state index contributed by atoms with van der Waals surface area (Å²) in [5.74, 6) is 0. The fourth-order valence-electron chi connectivity index (χ4n) is 2.58. The lowest BCUT2D eigenvalue weighted by Gasteiger charge is -2.03. The highest BCUT2D eigenvalue weighted by Gasteiger charge is 2.55. The molecule has 1 saturated carbocycles.